The Bertz CT molecular complexity index is 1210. The van der Waals surface area contributed by atoms with Gasteiger partial charge in [-0.1, -0.05) is 26.7 Å². The van der Waals surface area contributed by atoms with Crippen molar-refractivity contribution in [2.24, 2.45) is 11.8 Å². The molecule has 4 rings (SSSR count). The quantitative estimate of drug-likeness (QED) is 0.401. The molecule has 0 spiro atoms. The number of anilines is 1. The van der Waals surface area contributed by atoms with Gasteiger partial charge in [-0.15, -0.1) is 0 Å². The summed E-state index contributed by atoms with van der Waals surface area (Å²) in [5, 5.41) is 16.9. The first-order valence-corrected chi connectivity index (χ1v) is 12.6. The molecule has 0 bridgehead atoms. The molecule has 10 heteroatoms. The second-order valence-electron chi connectivity index (χ2n) is 9.74. The van der Waals surface area contributed by atoms with Gasteiger partial charge >= 0.3 is 0 Å². The molecule has 0 saturated heterocycles. The van der Waals surface area contributed by atoms with E-state index in [1.54, 1.807) is 36.0 Å². The molecule has 0 aliphatic heterocycles. The normalized spacial score (nSPS) is 18.6. The summed E-state index contributed by atoms with van der Waals surface area (Å²) in [6.07, 6.45) is 6.05. The number of aryl methyl sites for hydroxylation is 3. The van der Waals surface area contributed by atoms with Gasteiger partial charge in [-0.25, -0.2) is 4.98 Å². The number of nitrogens with one attached hydrogen (secondary N) is 3. The Morgan fingerprint density at radius 3 is 2.58 bits per heavy atom. The molecule has 2 amide bonds. The van der Waals surface area contributed by atoms with Gasteiger partial charge in [-0.3, -0.25) is 19.4 Å². The zero-order chi connectivity index (χ0) is 25.8. The van der Waals surface area contributed by atoms with Crippen LogP contribution in [-0.4, -0.2) is 42.8 Å². The van der Waals surface area contributed by atoms with Crippen molar-refractivity contribution in [1.29, 1.82) is 0 Å². The molecule has 0 aromatic carbocycles. The fourth-order valence-electron chi connectivity index (χ4n) is 4.99. The van der Waals surface area contributed by atoms with Gasteiger partial charge in [0.25, 0.3) is 5.91 Å². The summed E-state index contributed by atoms with van der Waals surface area (Å²) in [6, 6.07) is 4.04. The molecule has 3 aromatic rings. The average Bonchev–Trinajstić information content (AvgIpc) is 3.45. The van der Waals surface area contributed by atoms with E-state index in [0.29, 0.717) is 35.0 Å². The number of hydrogen-bond donors (Lipinski definition) is 3. The van der Waals surface area contributed by atoms with Gasteiger partial charge in [0.2, 0.25) is 11.9 Å². The molecule has 0 unspecified atom stereocenters. The van der Waals surface area contributed by atoms with Crippen LogP contribution in [0.15, 0.2) is 24.4 Å². The summed E-state index contributed by atoms with van der Waals surface area (Å²) in [4.78, 5) is 30.5. The second-order valence-corrected chi connectivity index (χ2v) is 9.74. The molecule has 3 N–H and O–H groups in total. The fraction of sp³-hybridized carbons (Fsp3) is 0.500. The lowest BCUT2D eigenvalue weighted by molar-refractivity contribution is -0.119. The number of H-pyrrole nitrogens is 1. The van der Waals surface area contributed by atoms with E-state index in [-0.39, 0.29) is 17.6 Å². The van der Waals surface area contributed by atoms with E-state index < -0.39 is 17.9 Å². The Hall–Kier alpha value is -3.56. The predicted octanol–water partition coefficient (Wildman–Crippen LogP) is 4.40. The van der Waals surface area contributed by atoms with Crippen LogP contribution in [0.4, 0.5) is 10.2 Å². The van der Waals surface area contributed by atoms with Crippen LogP contribution in [0, 0.1) is 31.6 Å². The number of rotatable bonds is 8. The molecule has 3 heterocycles. The maximum Gasteiger partial charge on any atom is 0.270 e. The van der Waals surface area contributed by atoms with Crippen molar-refractivity contribution >= 4 is 17.6 Å². The summed E-state index contributed by atoms with van der Waals surface area (Å²) in [5.41, 5.74) is 2.79. The van der Waals surface area contributed by atoms with Crippen LogP contribution in [0.1, 0.15) is 67.8 Å². The zero-order valence-corrected chi connectivity index (χ0v) is 21.3. The van der Waals surface area contributed by atoms with Gasteiger partial charge < -0.3 is 10.6 Å². The Morgan fingerprint density at radius 1 is 1.19 bits per heavy atom. The van der Waals surface area contributed by atoms with Gasteiger partial charge in [0.1, 0.15) is 17.6 Å². The highest BCUT2D eigenvalue weighted by Gasteiger charge is 2.33. The Balaban J connectivity index is 1.54. The number of aromatic amines is 1. The summed E-state index contributed by atoms with van der Waals surface area (Å²) >= 11 is 0. The predicted molar refractivity (Wildman–Crippen MR) is 135 cm³/mol. The fourth-order valence-corrected chi connectivity index (χ4v) is 4.99. The highest BCUT2D eigenvalue weighted by atomic mass is 19.1. The highest BCUT2D eigenvalue weighted by Crippen LogP contribution is 2.32. The van der Waals surface area contributed by atoms with E-state index in [0.717, 1.165) is 37.8 Å². The maximum absolute atomic E-state index is 15.0. The van der Waals surface area contributed by atoms with Gasteiger partial charge in [0.05, 0.1) is 5.69 Å². The minimum atomic E-state index is -0.766. The van der Waals surface area contributed by atoms with E-state index in [1.165, 1.54) is 0 Å². The Labute approximate surface area is 210 Å². The highest BCUT2D eigenvalue weighted by molar-refractivity contribution is 6.00. The summed E-state index contributed by atoms with van der Waals surface area (Å²) in [6.45, 7) is 8.42. The number of aromatic nitrogens is 5. The minimum absolute atomic E-state index is 0.0203. The summed E-state index contributed by atoms with van der Waals surface area (Å²) in [7, 11) is 0. The second kappa shape index (κ2) is 11.0. The SMILES string of the molecule is CCCn1nccc1C(=O)N[C@H](C(=O)Nc1ccc(-c2c(C)n[nH]c2C)c(F)n1)C1CCC(C)CC1. The van der Waals surface area contributed by atoms with Crippen LogP contribution in [0.25, 0.3) is 11.1 Å². The molecule has 1 aliphatic rings. The number of halogens is 1. The molecule has 36 heavy (non-hydrogen) atoms. The minimum Gasteiger partial charge on any atom is -0.339 e. The lowest BCUT2D eigenvalue weighted by atomic mass is 9.79. The summed E-state index contributed by atoms with van der Waals surface area (Å²) in [5.74, 6) is -0.784. The van der Waals surface area contributed by atoms with E-state index in [4.69, 9.17) is 0 Å². The molecular weight excluding hydrogens is 461 g/mol. The Kier molecular flexibility index (Phi) is 7.81. The van der Waals surface area contributed by atoms with E-state index in [1.807, 2.05) is 13.8 Å². The molecule has 1 saturated carbocycles. The van der Waals surface area contributed by atoms with Crippen LogP contribution in [0.5, 0.6) is 0 Å². The standard InChI is InChI=1S/C26H34FN7O2/c1-5-14-34-20(12-13-28-34)25(35)31-23(18-8-6-15(2)7-9-18)26(36)30-21-11-10-19(24(27)29-21)22-16(3)32-33-17(22)4/h10-13,15,18,23H,5-9,14H2,1-4H3,(H,31,35)(H,32,33)(H,29,30,36)/t15?,18?,23-/m0/s1. The van der Waals surface area contributed by atoms with Crippen molar-refractivity contribution in [1.82, 2.24) is 30.3 Å². The van der Waals surface area contributed by atoms with Gasteiger partial charge in [-0.2, -0.15) is 14.6 Å². The van der Waals surface area contributed by atoms with Crippen molar-refractivity contribution in [2.75, 3.05) is 5.32 Å². The van der Waals surface area contributed by atoms with Gasteiger partial charge in [0, 0.05) is 29.6 Å². The zero-order valence-electron chi connectivity index (χ0n) is 21.3. The number of nitrogens with zero attached hydrogens (tertiary/aromatic N) is 4. The van der Waals surface area contributed by atoms with Crippen molar-refractivity contribution < 1.29 is 14.0 Å². The third-order valence-corrected chi connectivity index (χ3v) is 6.98. The van der Waals surface area contributed by atoms with E-state index in [9.17, 15) is 14.0 Å². The molecule has 3 aromatic heterocycles. The third-order valence-electron chi connectivity index (χ3n) is 6.98. The van der Waals surface area contributed by atoms with E-state index in [2.05, 4.69) is 37.8 Å². The number of hydrogen-bond acceptors (Lipinski definition) is 5. The number of carbonyl (C=O) groups is 2. The summed E-state index contributed by atoms with van der Waals surface area (Å²) < 4.78 is 16.6. The molecule has 1 aliphatic carbocycles. The van der Waals surface area contributed by atoms with Crippen LogP contribution >= 0.6 is 0 Å². The first kappa shape index (κ1) is 25.5. The average molecular weight is 496 g/mol. The molecule has 0 radical (unpaired) electrons. The Morgan fingerprint density at radius 2 is 1.94 bits per heavy atom. The van der Waals surface area contributed by atoms with Crippen LogP contribution in [0.2, 0.25) is 0 Å². The van der Waals surface area contributed by atoms with Crippen molar-refractivity contribution in [3.05, 3.63) is 47.4 Å². The first-order valence-electron chi connectivity index (χ1n) is 12.6. The molecule has 192 valence electrons. The van der Waals surface area contributed by atoms with Crippen LogP contribution in [-0.2, 0) is 11.3 Å². The first-order chi connectivity index (χ1) is 17.3. The molecule has 9 nitrogen and oxygen atoms in total. The maximum atomic E-state index is 15.0. The number of carbonyl (C=O) groups excluding carboxylic acids is 2. The van der Waals surface area contributed by atoms with Crippen molar-refractivity contribution in [3.8, 4) is 11.1 Å². The van der Waals surface area contributed by atoms with Gasteiger partial charge in [0.15, 0.2) is 0 Å². The van der Waals surface area contributed by atoms with Crippen molar-refractivity contribution in [2.45, 2.75) is 72.4 Å². The van der Waals surface area contributed by atoms with Gasteiger partial charge in [-0.05, 0) is 63.1 Å². The van der Waals surface area contributed by atoms with Crippen LogP contribution < -0.4 is 10.6 Å². The molecule has 1 atom stereocenters. The monoisotopic (exact) mass is 495 g/mol. The lowest BCUT2D eigenvalue weighted by Gasteiger charge is -2.32. The van der Waals surface area contributed by atoms with E-state index >= 15 is 0 Å². The molecule has 1 fully saturated rings. The van der Waals surface area contributed by atoms with Crippen molar-refractivity contribution in [3.63, 3.8) is 0 Å². The largest absolute Gasteiger partial charge is 0.339 e. The molecular formula is C26H34FN7O2. The lowest BCUT2D eigenvalue weighted by Crippen LogP contribution is -2.49. The number of pyridine rings is 1. The van der Waals surface area contributed by atoms with Crippen LogP contribution in [0.3, 0.4) is 0 Å². The number of amides is 2. The third kappa shape index (κ3) is 5.47. The topological polar surface area (TPSA) is 118 Å². The smallest absolute Gasteiger partial charge is 0.270 e.